The summed E-state index contributed by atoms with van der Waals surface area (Å²) in [5.74, 6) is 0. The summed E-state index contributed by atoms with van der Waals surface area (Å²) in [5, 5.41) is 13.0. The molecular weight excluding hydrogens is 252 g/mol. The molecule has 2 rings (SSSR count). The van der Waals surface area contributed by atoms with Crippen LogP contribution in [0.4, 0.5) is 0 Å². The normalized spacial score (nSPS) is 30.8. The Labute approximate surface area is 123 Å². The number of fused-ring (bicyclic) bond motifs is 1. The van der Waals surface area contributed by atoms with E-state index in [0.29, 0.717) is 12.1 Å². The third-order valence-corrected chi connectivity index (χ3v) is 4.97. The number of likely N-dealkylation sites (N-methyl/N-ethyl adjacent to an activating group) is 1. The molecule has 0 bridgehead atoms. The van der Waals surface area contributed by atoms with Gasteiger partial charge < -0.3 is 15.2 Å². The van der Waals surface area contributed by atoms with Crippen LogP contribution in [-0.4, -0.2) is 60.5 Å². The highest BCUT2D eigenvalue weighted by Crippen LogP contribution is 2.28. The molecule has 1 aliphatic heterocycles. The number of nitrogens with zero attached hydrogens (tertiary/aromatic N) is 1. The molecule has 4 heteroatoms. The van der Waals surface area contributed by atoms with Gasteiger partial charge in [0.05, 0.1) is 19.3 Å². The van der Waals surface area contributed by atoms with E-state index in [9.17, 15) is 5.11 Å². The SMILES string of the molecule is CCNC(C)(CO)CCCN1CCOC2CCCCC21. The molecule has 2 fully saturated rings. The molecule has 3 unspecified atom stereocenters. The Kier molecular flexibility index (Phi) is 6.27. The van der Waals surface area contributed by atoms with Gasteiger partial charge in [-0.2, -0.15) is 0 Å². The van der Waals surface area contributed by atoms with Gasteiger partial charge in [-0.1, -0.05) is 19.8 Å². The summed E-state index contributed by atoms with van der Waals surface area (Å²) >= 11 is 0. The van der Waals surface area contributed by atoms with Crippen LogP contribution in [0.1, 0.15) is 52.4 Å². The van der Waals surface area contributed by atoms with Gasteiger partial charge in [0.2, 0.25) is 0 Å². The van der Waals surface area contributed by atoms with Gasteiger partial charge in [-0.15, -0.1) is 0 Å². The standard InChI is InChI=1S/C16H32N2O2/c1-3-17-16(2,13-19)9-6-10-18-11-12-20-15-8-5-4-7-14(15)18/h14-15,17,19H,3-13H2,1-2H3. The minimum Gasteiger partial charge on any atom is -0.394 e. The highest BCUT2D eigenvalue weighted by Gasteiger charge is 2.34. The average Bonchev–Trinajstić information content (AvgIpc) is 2.48. The summed E-state index contributed by atoms with van der Waals surface area (Å²) in [5.41, 5.74) is -0.118. The molecule has 0 amide bonds. The number of hydrogen-bond acceptors (Lipinski definition) is 4. The molecule has 1 saturated carbocycles. The number of nitrogens with one attached hydrogen (secondary N) is 1. The van der Waals surface area contributed by atoms with Crippen molar-refractivity contribution in [3.05, 3.63) is 0 Å². The number of aliphatic hydroxyl groups excluding tert-OH is 1. The number of aliphatic hydroxyl groups is 1. The third kappa shape index (κ3) is 4.17. The van der Waals surface area contributed by atoms with Crippen LogP contribution in [0, 0.1) is 0 Å². The predicted molar refractivity (Wildman–Crippen MR) is 82.0 cm³/mol. The maximum Gasteiger partial charge on any atom is 0.0730 e. The van der Waals surface area contributed by atoms with E-state index in [1.165, 1.54) is 25.7 Å². The highest BCUT2D eigenvalue weighted by molar-refractivity contribution is 4.88. The van der Waals surface area contributed by atoms with E-state index in [0.717, 1.165) is 39.1 Å². The lowest BCUT2D eigenvalue weighted by molar-refractivity contribution is -0.0886. The highest BCUT2D eigenvalue weighted by atomic mass is 16.5. The van der Waals surface area contributed by atoms with Crippen LogP contribution < -0.4 is 5.32 Å². The van der Waals surface area contributed by atoms with Crippen LogP contribution in [0.25, 0.3) is 0 Å². The van der Waals surface area contributed by atoms with Crippen LogP contribution in [0.5, 0.6) is 0 Å². The van der Waals surface area contributed by atoms with E-state index in [1.807, 2.05) is 0 Å². The molecule has 2 aliphatic rings. The zero-order valence-electron chi connectivity index (χ0n) is 13.2. The van der Waals surface area contributed by atoms with Crippen molar-refractivity contribution in [2.75, 3.05) is 32.8 Å². The van der Waals surface area contributed by atoms with Crippen molar-refractivity contribution in [3.63, 3.8) is 0 Å². The van der Waals surface area contributed by atoms with Crippen molar-refractivity contribution in [1.29, 1.82) is 0 Å². The molecule has 2 N–H and O–H groups in total. The molecule has 3 atom stereocenters. The first kappa shape index (κ1) is 16.2. The lowest BCUT2D eigenvalue weighted by atomic mass is 9.89. The monoisotopic (exact) mass is 284 g/mol. The van der Waals surface area contributed by atoms with Crippen molar-refractivity contribution in [2.45, 2.75) is 70.1 Å². The summed E-state index contributed by atoms with van der Waals surface area (Å²) < 4.78 is 5.93. The molecule has 118 valence electrons. The van der Waals surface area contributed by atoms with Gasteiger partial charge in [-0.05, 0) is 45.7 Å². The second-order valence-corrected chi connectivity index (χ2v) is 6.65. The third-order valence-electron chi connectivity index (χ3n) is 4.97. The van der Waals surface area contributed by atoms with Gasteiger partial charge in [0.15, 0.2) is 0 Å². The van der Waals surface area contributed by atoms with Gasteiger partial charge in [0.1, 0.15) is 0 Å². The van der Waals surface area contributed by atoms with Crippen molar-refractivity contribution in [1.82, 2.24) is 10.2 Å². The lowest BCUT2D eigenvalue weighted by Gasteiger charge is -2.44. The van der Waals surface area contributed by atoms with E-state index in [2.05, 4.69) is 24.1 Å². The van der Waals surface area contributed by atoms with Crippen molar-refractivity contribution >= 4 is 0 Å². The summed E-state index contributed by atoms with van der Waals surface area (Å²) in [7, 11) is 0. The molecule has 0 aromatic carbocycles. The van der Waals surface area contributed by atoms with E-state index in [4.69, 9.17) is 4.74 Å². The van der Waals surface area contributed by atoms with Gasteiger partial charge in [0, 0.05) is 18.1 Å². The maximum atomic E-state index is 9.54. The molecule has 0 radical (unpaired) electrons. The summed E-state index contributed by atoms with van der Waals surface area (Å²) in [6.45, 7) is 8.48. The molecule has 1 saturated heterocycles. The first-order valence-corrected chi connectivity index (χ1v) is 8.40. The summed E-state index contributed by atoms with van der Waals surface area (Å²) in [6.07, 6.45) is 7.89. The molecule has 20 heavy (non-hydrogen) atoms. The Bertz CT molecular complexity index is 286. The number of hydrogen-bond donors (Lipinski definition) is 2. The average molecular weight is 284 g/mol. The predicted octanol–water partition coefficient (Wildman–Crippen LogP) is 1.77. The smallest absolute Gasteiger partial charge is 0.0730 e. The van der Waals surface area contributed by atoms with Crippen LogP contribution in [0.2, 0.25) is 0 Å². The molecule has 1 aliphatic carbocycles. The Morgan fingerprint density at radius 2 is 2.15 bits per heavy atom. The zero-order chi connectivity index (χ0) is 14.4. The van der Waals surface area contributed by atoms with Crippen molar-refractivity contribution < 1.29 is 9.84 Å². The fraction of sp³-hybridized carbons (Fsp3) is 1.00. The first-order chi connectivity index (χ1) is 9.68. The molecule has 0 aromatic heterocycles. The first-order valence-electron chi connectivity index (χ1n) is 8.40. The summed E-state index contributed by atoms with van der Waals surface area (Å²) in [6, 6.07) is 0.650. The van der Waals surface area contributed by atoms with Crippen molar-refractivity contribution in [3.8, 4) is 0 Å². The van der Waals surface area contributed by atoms with E-state index in [1.54, 1.807) is 0 Å². The second-order valence-electron chi connectivity index (χ2n) is 6.65. The number of ether oxygens (including phenoxy) is 1. The lowest BCUT2D eigenvalue weighted by Crippen LogP contribution is -2.53. The van der Waals surface area contributed by atoms with E-state index in [-0.39, 0.29) is 12.1 Å². The minimum absolute atomic E-state index is 0.118. The van der Waals surface area contributed by atoms with Gasteiger partial charge in [0.25, 0.3) is 0 Å². The molecule has 1 heterocycles. The van der Waals surface area contributed by atoms with Gasteiger partial charge >= 0.3 is 0 Å². The quantitative estimate of drug-likeness (QED) is 0.748. The van der Waals surface area contributed by atoms with Crippen LogP contribution in [0.3, 0.4) is 0 Å². The van der Waals surface area contributed by atoms with Gasteiger partial charge in [-0.3, -0.25) is 4.90 Å². The van der Waals surface area contributed by atoms with Crippen molar-refractivity contribution in [2.24, 2.45) is 0 Å². The fourth-order valence-electron chi connectivity index (χ4n) is 3.78. The minimum atomic E-state index is -0.118. The van der Waals surface area contributed by atoms with E-state index < -0.39 is 0 Å². The zero-order valence-corrected chi connectivity index (χ0v) is 13.2. The fourth-order valence-corrected chi connectivity index (χ4v) is 3.78. The van der Waals surface area contributed by atoms with Gasteiger partial charge in [-0.25, -0.2) is 0 Å². The Balaban J connectivity index is 1.77. The number of rotatable bonds is 7. The Hall–Kier alpha value is -0.160. The van der Waals surface area contributed by atoms with Crippen LogP contribution >= 0.6 is 0 Å². The maximum absolute atomic E-state index is 9.54. The van der Waals surface area contributed by atoms with E-state index >= 15 is 0 Å². The molecule has 0 spiro atoms. The molecular formula is C16H32N2O2. The van der Waals surface area contributed by atoms with Crippen LogP contribution in [-0.2, 0) is 4.74 Å². The topological polar surface area (TPSA) is 44.7 Å². The summed E-state index contributed by atoms with van der Waals surface area (Å²) in [4.78, 5) is 2.64. The second kappa shape index (κ2) is 7.74. The van der Waals surface area contributed by atoms with Crippen LogP contribution in [0.15, 0.2) is 0 Å². The Morgan fingerprint density at radius 1 is 1.35 bits per heavy atom. The Morgan fingerprint density at radius 3 is 2.90 bits per heavy atom. The number of morpholine rings is 1. The molecule has 0 aromatic rings. The molecule has 4 nitrogen and oxygen atoms in total. The largest absolute Gasteiger partial charge is 0.394 e.